The Bertz CT molecular complexity index is 264. The van der Waals surface area contributed by atoms with Crippen LogP contribution in [0.5, 0.6) is 0 Å². The highest BCUT2D eigenvalue weighted by molar-refractivity contribution is 5.86. The largest absolute Gasteiger partial charge is 0.338 e. The molecular formula is C13H27N3O. The van der Waals surface area contributed by atoms with Gasteiger partial charge in [0.1, 0.15) is 0 Å². The van der Waals surface area contributed by atoms with Gasteiger partial charge in [-0.25, -0.2) is 0 Å². The lowest BCUT2D eigenvalue weighted by Gasteiger charge is -2.45. The van der Waals surface area contributed by atoms with Crippen LogP contribution in [-0.4, -0.2) is 53.5 Å². The Morgan fingerprint density at radius 1 is 1.24 bits per heavy atom. The summed E-state index contributed by atoms with van der Waals surface area (Å²) in [6.07, 6.45) is 1.41. The first-order chi connectivity index (χ1) is 7.85. The number of nitrogens with zero attached hydrogens (tertiary/aromatic N) is 2. The van der Waals surface area contributed by atoms with Crippen LogP contribution in [0.3, 0.4) is 0 Å². The zero-order chi connectivity index (χ0) is 13.2. The summed E-state index contributed by atoms with van der Waals surface area (Å²) in [5, 5.41) is 0. The second-order valence-corrected chi connectivity index (χ2v) is 5.44. The van der Waals surface area contributed by atoms with Crippen LogP contribution in [0, 0.1) is 0 Å². The van der Waals surface area contributed by atoms with Gasteiger partial charge in [0.25, 0.3) is 0 Å². The van der Waals surface area contributed by atoms with Crippen molar-refractivity contribution in [1.29, 1.82) is 0 Å². The van der Waals surface area contributed by atoms with Crippen LogP contribution < -0.4 is 5.73 Å². The smallest absolute Gasteiger partial charge is 0.242 e. The minimum absolute atomic E-state index is 0.120. The van der Waals surface area contributed by atoms with Gasteiger partial charge >= 0.3 is 0 Å². The maximum atomic E-state index is 12.5. The van der Waals surface area contributed by atoms with Crippen molar-refractivity contribution in [2.24, 2.45) is 5.73 Å². The number of nitrogens with two attached hydrogens (primary N) is 1. The zero-order valence-electron chi connectivity index (χ0n) is 11.9. The molecule has 2 N–H and O–H groups in total. The summed E-state index contributed by atoms with van der Waals surface area (Å²) in [5.41, 5.74) is 5.52. The molecule has 0 aliphatic carbocycles. The van der Waals surface area contributed by atoms with E-state index < -0.39 is 5.54 Å². The predicted octanol–water partition coefficient (Wildman–Crippen LogP) is 1.05. The Morgan fingerprint density at radius 3 is 2.00 bits per heavy atom. The van der Waals surface area contributed by atoms with Crippen LogP contribution in [0.4, 0.5) is 0 Å². The number of carbonyl (C=O) groups is 1. The predicted molar refractivity (Wildman–Crippen MR) is 70.8 cm³/mol. The van der Waals surface area contributed by atoms with E-state index in [1.165, 1.54) is 0 Å². The third-order valence-electron chi connectivity index (χ3n) is 4.33. The van der Waals surface area contributed by atoms with Crippen LogP contribution in [0.25, 0.3) is 0 Å². The van der Waals surface area contributed by atoms with Crippen molar-refractivity contribution >= 4 is 5.91 Å². The SMILES string of the molecule is CCC(N)(CC)C(=O)N1CC(C)N(C)C(C)C1. The van der Waals surface area contributed by atoms with Gasteiger partial charge in [-0.2, -0.15) is 0 Å². The maximum absolute atomic E-state index is 12.5. The molecule has 0 radical (unpaired) electrons. The highest BCUT2D eigenvalue weighted by Crippen LogP contribution is 2.20. The summed E-state index contributed by atoms with van der Waals surface area (Å²) < 4.78 is 0. The monoisotopic (exact) mass is 241 g/mol. The molecule has 17 heavy (non-hydrogen) atoms. The summed E-state index contributed by atoms with van der Waals surface area (Å²) in [7, 11) is 2.12. The van der Waals surface area contributed by atoms with E-state index in [9.17, 15) is 4.79 Å². The maximum Gasteiger partial charge on any atom is 0.242 e. The molecule has 2 unspecified atom stereocenters. The van der Waals surface area contributed by atoms with Crippen molar-refractivity contribution in [3.05, 3.63) is 0 Å². The molecule has 100 valence electrons. The molecule has 1 saturated heterocycles. The third-order valence-corrected chi connectivity index (χ3v) is 4.33. The first-order valence-electron chi connectivity index (χ1n) is 6.65. The van der Waals surface area contributed by atoms with Gasteiger partial charge in [-0.3, -0.25) is 9.69 Å². The number of hydrogen-bond acceptors (Lipinski definition) is 3. The second kappa shape index (κ2) is 5.36. The summed E-state index contributed by atoms with van der Waals surface area (Å²) in [4.78, 5) is 16.7. The fourth-order valence-corrected chi connectivity index (χ4v) is 2.44. The van der Waals surface area contributed by atoms with E-state index in [-0.39, 0.29) is 5.91 Å². The Balaban J connectivity index is 2.77. The number of rotatable bonds is 3. The molecule has 1 rings (SSSR count). The van der Waals surface area contributed by atoms with Gasteiger partial charge in [0.2, 0.25) is 5.91 Å². The lowest BCUT2D eigenvalue weighted by molar-refractivity contribution is -0.141. The van der Waals surface area contributed by atoms with E-state index in [1.54, 1.807) is 0 Å². The van der Waals surface area contributed by atoms with Crippen LogP contribution in [0.15, 0.2) is 0 Å². The molecule has 0 aromatic rings. The van der Waals surface area contributed by atoms with Gasteiger partial charge in [0.15, 0.2) is 0 Å². The van der Waals surface area contributed by atoms with Crippen molar-refractivity contribution in [3.63, 3.8) is 0 Å². The highest BCUT2D eigenvalue weighted by atomic mass is 16.2. The first kappa shape index (κ1) is 14.5. The van der Waals surface area contributed by atoms with E-state index in [2.05, 4.69) is 25.8 Å². The minimum atomic E-state index is -0.671. The minimum Gasteiger partial charge on any atom is -0.338 e. The van der Waals surface area contributed by atoms with Crippen molar-refractivity contribution in [3.8, 4) is 0 Å². The Kier molecular flexibility index (Phi) is 4.55. The van der Waals surface area contributed by atoms with Crippen LogP contribution in [0.2, 0.25) is 0 Å². The number of carbonyl (C=O) groups excluding carboxylic acids is 1. The number of piperazine rings is 1. The summed E-state index contributed by atoms with van der Waals surface area (Å²) in [6, 6.07) is 0.807. The van der Waals surface area contributed by atoms with Crippen molar-refractivity contribution in [2.45, 2.75) is 58.2 Å². The second-order valence-electron chi connectivity index (χ2n) is 5.44. The van der Waals surface area contributed by atoms with Gasteiger partial charge in [0, 0.05) is 25.2 Å². The quantitative estimate of drug-likeness (QED) is 0.803. The Morgan fingerprint density at radius 2 is 1.65 bits per heavy atom. The molecular weight excluding hydrogens is 214 g/mol. The van der Waals surface area contributed by atoms with Crippen molar-refractivity contribution in [1.82, 2.24) is 9.80 Å². The van der Waals surface area contributed by atoms with Gasteiger partial charge in [0.05, 0.1) is 5.54 Å². The molecule has 1 aliphatic heterocycles. The van der Waals surface area contributed by atoms with Crippen molar-refractivity contribution in [2.75, 3.05) is 20.1 Å². The highest BCUT2D eigenvalue weighted by Gasteiger charge is 2.38. The Labute approximate surface area is 105 Å². The van der Waals surface area contributed by atoms with Crippen molar-refractivity contribution < 1.29 is 4.79 Å². The summed E-state index contributed by atoms with van der Waals surface area (Å²) >= 11 is 0. The molecule has 1 fully saturated rings. The number of amides is 1. The molecule has 1 heterocycles. The van der Waals surface area contributed by atoms with E-state index in [0.29, 0.717) is 24.9 Å². The molecule has 4 nitrogen and oxygen atoms in total. The summed E-state index contributed by atoms with van der Waals surface area (Å²) in [5.74, 6) is 0.120. The molecule has 0 aromatic heterocycles. The van der Waals surface area contributed by atoms with E-state index >= 15 is 0 Å². The van der Waals surface area contributed by atoms with E-state index in [1.807, 2.05) is 18.7 Å². The molecule has 2 atom stereocenters. The average molecular weight is 241 g/mol. The molecule has 1 amide bonds. The van der Waals surface area contributed by atoms with Crippen LogP contribution >= 0.6 is 0 Å². The first-order valence-corrected chi connectivity index (χ1v) is 6.65. The molecule has 1 aliphatic rings. The normalized spacial score (nSPS) is 27.3. The topological polar surface area (TPSA) is 49.6 Å². The average Bonchev–Trinajstić information content (AvgIpc) is 2.33. The van der Waals surface area contributed by atoms with Gasteiger partial charge in [-0.15, -0.1) is 0 Å². The zero-order valence-corrected chi connectivity index (χ0v) is 11.9. The van der Waals surface area contributed by atoms with Gasteiger partial charge in [-0.1, -0.05) is 13.8 Å². The van der Waals surface area contributed by atoms with Crippen LogP contribution in [0.1, 0.15) is 40.5 Å². The fourth-order valence-electron chi connectivity index (χ4n) is 2.44. The van der Waals surface area contributed by atoms with Gasteiger partial charge in [-0.05, 0) is 33.7 Å². The molecule has 0 aromatic carbocycles. The molecule has 0 spiro atoms. The lowest BCUT2D eigenvalue weighted by Crippen LogP contribution is -2.62. The lowest BCUT2D eigenvalue weighted by atomic mass is 9.91. The van der Waals surface area contributed by atoms with Gasteiger partial charge < -0.3 is 10.6 Å². The van der Waals surface area contributed by atoms with E-state index in [0.717, 1.165) is 13.1 Å². The third kappa shape index (κ3) is 2.80. The molecule has 4 heteroatoms. The van der Waals surface area contributed by atoms with E-state index in [4.69, 9.17) is 5.73 Å². The summed E-state index contributed by atoms with van der Waals surface area (Å²) in [6.45, 7) is 9.88. The van der Waals surface area contributed by atoms with Crippen LogP contribution in [-0.2, 0) is 4.79 Å². The number of likely N-dealkylation sites (N-methyl/N-ethyl adjacent to an activating group) is 1. The fraction of sp³-hybridized carbons (Fsp3) is 0.923. The molecule has 0 saturated carbocycles. The number of hydrogen-bond donors (Lipinski definition) is 1. The Hall–Kier alpha value is -0.610. The molecule has 0 bridgehead atoms. The standard InChI is InChI=1S/C13H27N3O/c1-6-13(14,7-2)12(17)16-8-10(3)15(5)11(4)9-16/h10-11H,6-9,14H2,1-5H3.